The molecule has 98 valence electrons. The third-order valence-corrected chi connectivity index (χ3v) is 3.72. The molecular formula is C10H12ClN3O3S. The fourth-order valence-electron chi connectivity index (χ4n) is 1.55. The summed E-state index contributed by atoms with van der Waals surface area (Å²) in [6.07, 6.45) is -4.32. The zero-order chi connectivity index (χ0) is 17.8. The monoisotopic (exact) mass is 294 g/mol. The number of fused-ring (bicyclic) bond motifs is 1. The molecule has 1 aliphatic heterocycles. The second-order valence-electron chi connectivity index (χ2n) is 3.57. The number of benzene rings is 1. The van der Waals surface area contributed by atoms with E-state index < -0.39 is 40.2 Å². The van der Waals surface area contributed by atoms with Crippen LogP contribution in [0.5, 0.6) is 0 Å². The number of sulfonamides is 1. The lowest BCUT2D eigenvalue weighted by atomic mass is 10.1. The predicted octanol–water partition coefficient (Wildman–Crippen LogP) is 0.879. The lowest BCUT2D eigenvalue weighted by Crippen LogP contribution is -2.44. The molecule has 18 heavy (non-hydrogen) atoms. The molecule has 0 fully saturated rings. The number of halogens is 1. The van der Waals surface area contributed by atoms with Gasteiger partial charge in [-0.25, -0.2) is 13.6 Å². The van der Waals surface area contributed by atoms with E-state index in [4.69, 9.17) is 23.6 Å². The highest BCUT2D eigenvalue weighted by molar-refractivity contribution is 7.89. The molecule has 8 heteroatoms. The predicted molar refractivity (Wildman–Crippen MR) is 68.0 cm³/mol. The number of hydrogen-bond acceptors (Lipinski definition) is 4. The molecule has 0 aliphatic carbocycles. The summed E-state index contributed by atoms with van der Waals surface area (Å²) in [4.78, 5) is 11.6. The van der Waals surface area contributed by atoms with Gasteiger partial charge in [0.15, 0.2) is 0 Å². The Hall–Kier alpha value is -1.31. The van der Waals surface area contributed by atoms with Crippen LogP contribution in [0.3, 0.4) is 0 Å². The Balaban J connectivity index is 2.51. The van der Waals surface area contributed by atoms with Crippen molar-refractivity contribution in [3.63, 3.8) is 0 Å². The summed E-state index contributed by atoms with van der Waals surface area (Å²) in [7, 11) is -4.16. The summed E-state index contributed by atoms with van der Waals surface area (Å²) < 4.78 is 59.8. The molecule has 1 aliphatic rings. The summed E-state index contributed by atoms with van der Waals surface area (Å²) >= 11 is 5.81. The van der Waals surface area contributed by atoms with Crippen LogP contribution in [-0.4, -0.2) is 20.5 Å². The van der Waals surface area contributed by atoms with Gasteiger partial charge in [0.05, 0.1) is 22.4 Å². The minimum Gasteiger partial charge on any atom is -0.365 e. The Labute approximate surface area is 117 Å². The van der Waals surface area contributed by atoms with Crippen molar-refractivity contribution in [2.24, 2.45) is 5.14 Å². The van der Waals surface area contributed by atoms with Crippen molar-refractivity contribution < 1.29 is 20.1 Å². The first kappa shape index (κ1) is 7.98. The minimum absolute atomic E-state index is 0.00396. The molecule has 0 saturated carbocycles. The van der Waals surface area contributed by atoms with Gasteiger partial charge in [-0.1, -0.05) is 18.5 Å². The Morgan fingerprint density at radius 1 is 1.56 bits per heavy atom. The smallest absolute Gasteiger partial charge is 0.255 e. The molecule has 4 N–H and O–H groups in total. The van der Waals surface area contributed by atoms with Gasteiger partial charge in [-0.05, 0) is 18.5 Å². The molecule has 2 rings (SSSR count). The molecule has 1 atom stereocenters. The van der Waals surface area contributed by atoms with Crippen LogP contribution in [0, 0.1) is 0 Å². The Kier molecular flexibility index (Phi) is 1.96. The van der Waals surface area contributed by atoms with E-state index in [1.807, 2.05) is 0 Å². The van der Waals surface area contributed by atoms with E-state index in [1.54, 1.807) is 0 Å². The fraction of sp³-hybridized carbons (Fsp3) is 0.300. The van der Waals surface area contributed by atoms with Gasteiger partial charge in [0.25, 0.3) is 5.91 Å². The number of primary sulfonamides is 1. The maximum atomic E-state index is 12.1. The second-order valence-corrected chi connectivity index (χ2v) is 5.51. The number of carbonyl (C=O) groups excluding carboxylic acids is 1. The van der Waals surface area contributed by atoms with Gasteiger partial charge in [-0.15, -0.1) is 0 Å². The first-order chi connectivity index (χ1) is 10.2. The van der Waals surface area contributed by atoms with Crippen molar-refractivity contribution in [2.75, 3.05) is 5.32 Å². The number of nitrogens with two attached hydrogens (primary N) is 1. The van der Waals surface area contributed by atoms with E-state index in [0.717, 1.165) is 12.1 Å². The van der Waals surface area contributed by atoms with E-state index >= 15 is 0 Å². The molecule has 0 saturated heterocycles. The summed E-state index contributed by atoms with van der Waals surface area (Å²) in [5.74, 6) is -0.849. The van der Waals surface area contributed by atoms with E-state index in [0.29, 0.717) is 0 Å². The van der Waals surface area contributed by atoms with E-state index in [2.05, 4.69) is 10.6 Å². The first-order valence-corrected chi connectivity index (χ1v) is 6.61. The number of carbonyl (C=O) groups is 1. The molecule has 1 aromatic carbocycles. The fourth-order valence-corrected chi connectivity index (χ4v) is 2.65. The number of amides is 1. The normalized spacial score (nSPS) is 24.4. The zero-order valence-corrected chi connectivity index (χ0v) is 10.4. The van der Waals surface area contributed by atoms with Crippen molar-refractivity contribution in [2.45, 2.75) is 24.3 Å². The van der Waals surface area contributed by atoms with Gasteiger partial charge in [0.1, 0.15) is 4.90 Å². The summed E-state index contributed by atoms with van der Waals surface area (Å²) in [6, 6.07) is 2.02. The average molecular weight is 295 g/mol. The van der Waals surface area contributed by atoms with Crippen LogP contribution in [-0.2, 0) is 10.0 Å². The second kappa shape index (κ2) is 4.42. The van der Waals surface area contributed by atoms with E-state index in [9.17, 15) is 13.2 Å². The Morgan fingerprint density at radius 2 is 2.28 bits per heavy atom. The van der Waals surface area contributed by atoms with Gasteiger partial charge in [-0.2, -0.15) is 0 Å². The molecule has 6 nitrogen and oxygen atoms in total. The van der Waals surface area contributed by atoms with Crippen LogP contribution >= 0.6 is 11.6 Å². The van der Waals surface area contributed by atoms with Crippen molar-refractivity contribution in [1.29, 1.82) is 0 Å². The van der Waals surface area contributed by atoms with Crippen molar-refractivity contribution >= 4 is 33.2 Å². The first-order valence-electron chi connectivity index (χ1n) is 7.19. The average Bonchev–Trinajstić information content (AvgIpc) is 2.34. The van der Waals surface area contributed by atoms with Gasteiger partial charge in [0, 0.05) is 6.85 Å². The lowest BCUT2D eigenvalue weighted by molar-refractivity contribution is 0.0935. The maximum Gasteiger partial charge on any atom is 0.255 e. The number of nitrogens with one attached hydrogen (secondary N) is 2. The topological polar surface area (TPSA) is 101 Å². The van der Waals surface area contributed by atoms with Crippen LogP contribution in [0.1, 0.15) is 30.4 Å². The van der Waals surface area contributed by atoms with E-state index in [-0.39, 0.29) is 16.3 Å². The third-order valence-electron chi connectivity index (χ3n) is 2.34. The van der Waals surface area contributed by atoms with Crippen LogP contribution in [0.15, 0.2) is 17.0 Å². The summed E-state index contributed by atoms with van der Waals surface area (Å²) in [5.41, 5.74) is -0.139. The van der Waals surface area contributed by atoms with E-state index in [1.165, 1.54) is 0 Å². The van der Waals surface area contributed by atoms with Gasteiger partial charge < -0.3 is 10.6 Å². The van der Waals surface area contributed by atoms with Gasteiger partial charge >= 0.3 is 0 Å². The highest BCUT2D eigenvalue weighted by atomic mass is 35.5. The van der Waals surface area contributed by atoms with Gasteiger partial charge in [0.2, 0.25) is 10.0 Å². The van der Waals surface area contributed by atoms with Crippen LogP contribution in [0.2, 0.25) is 5.02 Å². The molecule has 0 radical (unpaired) electrons. The molecule has 0 aromatic heterocycles. The molecule has 0 spiro atoms. The van der Waals surface area contributed by atoms with Crippen LogP contribution in [0.25, 0.3) is 0 Å². The SMILES string of the molecule is [2H]C([2H])([2H])C([2H])([2H])C1NC(=O)c2cc(S(N)(=O)=O)c(Cl)cc2N1. The van der Waals surface area contributed by atoms with Crippen molar-refractivity contribution in [3.8, 4) is 0 Å². The molecule has 1 aromatic rings. The molecule has 0 bridgehead atoms. The summed E-state index contributed by atoms with van der Waals surface area (Å²) in [5, 5.41) is 9.38. The maximum absolute atomic E-state index is 12.1. The molecular weight excluding hydrogens is 278 g/mol. The van der Waals surface area contributed by atoms with Gasteiger partial charge in [-0.3, -0.25) is 4.79 Å². The number of hydrogen-bond donors (Lipinski definition) is 3. The van der Waals surface area contributed by atoms with Crippen LogP contribution in [0.4, 0.5) is 5.69 Å². The van der Waals surface area contributed by atoms with Crippen LogP contribution < -0.4 is 15.8 Å². The Bertz CT molecular complexity index is 781. The van der Waals surface area contributed by atoms with Crippen molar-refractivity contribution in [3.05, 3.63) is 22.7 Å². The highest BCUT2D eigenvalue weighted by Gasteiger charge is 2.26. The quantitative estimate of drug-likeness (QED) is 0.753. The highest BCUT2D eigenvalue weighted by Crippen LogP contribution is 2.30. The minimum atomic E-state index is -4.16. The molecule has 1 unspecified atom stereocenters. The zero-order valence-electron chi connectivity index (χ0n) is 13.8. The number of anilines is 1. The molecule has 1 amide bonds. The summed E-state index contributed by atoms with van der Waals surface area (Å²) in [6.45, 7) is -3.00. The largest absolute Gasteiger partial charge is 0.365 e. The Morgan fingerprint density at radius 3 is 2.89 bits per heavy atom. The standard InChI is InChI=1S/C10H12ClN3O3S/c1-2-9-13-7-4-6(11)8(18(12,16)17)3-5(7)10(15)14-9/h3-4,9,13H,2H2,1H3,(H,14,15)(H2,12,16,17)/i1D3,2D2. The van der Waals surface area contributed by atoms with Crippen molar-refractivity contribution in [1.82, 2.24) is 5.32 Å². The third kappa shape index (κ3) is 2.29. The number of rotatable bonds is 2. The lowest BCUT2D eigenvalue weighted by Gasteiger charge is -2.27. The molecule has 1 heterocycles.